The lowest BCUT2D eigenvalue weighted by atomic mass is 10.1. The number of rotatable bonds is 4. The number of methoxy groups -OCH3 is 1. The Labute approximate surface area is 105 Å². The van der Waals surface area contributed by atoms with Gasteiger partial charge in [0.2, 0.25) is 5.91 Å². The lowest BCUT2D eigenvalue weighted by molar-refractivity contribution is -0.116. The average Bonchev–Trinajstić information content (AvgIpc) is 2.57. The van der Waals surface area contributed by atoms with Crippen molar-refractivity contribution in [3.8, 4) is 0 Å². The molecule has 1 aromatic heterocycles. The standard InChI is InChI=1S/C12H17NO3S/c1-7(2)5-10(14)13-11-9(12(15)16-4)6-8(3)17-11/h6-7H,5H2,1-4H3,(H,13,14). The fourth-order valence-corrected chi connectivity index (χ4v) is 2.33. The van der Waals surface area contributed by atoms with Gasteiger partial charge in [0.1, 0.15) is 5.00 Å². The number of aryl methyl sites for hydroxylation is 1. The second-order valence-electron chi connectivity index (χ2n) is 4.24. The first-order valence-electron chi connectivity index (χ1n) is 5.42. The normalized spacial score (nSPS) is 10.4. The van der Waals surface area contributed by atoms with Gasteiger partial charge in [-0.15, -0.1) is 11.3 Å². The van der Waals surface area contributed by atoms with Gasteiger partial charge in [-0.3, -0.25) is 4.79 Å². The van der Waals surface area contributed by atoms with Gasteiger partial charge in [0.25, 0.3) is 0 Å². The van der Waals surface area contributed by atoms with E-state index in [4.69, 9.17) is 0 Å². The third kappa shape index (κ3) is 3.85. The second-order valence-corrected chi connectivity index (χ2v) is 5.49. The Balaban J connectivity index is 2.83. The molecule has 1 rings (SSSR count). The van der Waals surface area contributed by atoms with Crippen molar-refractivity contribution < 1.29 is 14.3 Å². The summed E-state index contributed by atoms with van der Waals surface area (Å²) in [5, 5.41) is 3.33. The summed E-state index contributed by atoms with van der Waals surface area (Å²) in [6.45, 7) is 5.83. The number of carbonyl (C=O) groups excluding carboxylic acids is 2. The summed E-state index contributed by atoms with van der Waals surface area (Å²) in [5.41, 5.74) is 0.423. The largest absolute Gasteiger partial charge is 0.465 e. The Morgan fingerprint density at radius 2 is 2.12 bits per heavy atom. The van der Waals surface area contributed by atoms with Crippen LogP contribution in [0.15, 0.2) is 6.07 Å². The molecule has 0 bridgehead atoms. The first-order valence-corrected chi connectivity index (χ1v) is 6.24. The van der Waals surface area contributed by atoms with Crippen molar-refractivity contribution in [3.63, 3.8) is 0 Å². The van der Waals surface area contributed by atoms with Crippen LogP contribution in [0.1, 0.15) is 35.5 Å². The number of amides is 1. The maximum Gasteiger partial charge on any atom is 0.340 e. The van der Waals surface area contributed by atoms with E-state index in [-0.39, 0.29) is 11.8 Å². The fraction of sp³-hybridized carbons (Fsp3) is 0.500. The molecule has 0 spiro atoms. The number of hydrogen-bond acceptors (Lipinski definition) is 4. The SMILES string of the molecule is COC(=O)c1cc(C)sc1NC(=O)CC(C)C. The average molecular weight is 255 g/mol. The van der Waals surface area contributed by atoms with E-state index in [1.54, 1.807) is 6.07 Å². The molecule has 0 fully saturated rings. The lowest BCUT2D eigenvalue weighted by Gasteiger charge is -2.06. The summed E-state index contributed by atoms with van der Waals surface area (Å²) < 4.78 is 4.67. The van der Waals surface area contributed by atoms with Crippen LogP contribution in [-0.2, 0) is 9.53 Å². The van der Waals surface area contributed by atoms with Crippen LogP contribution in [0.4, 0.5) is 5.00 Å². The van der Waals surface area contributed by atoms with Crippen LogP contribution in [0, 0.1) is 12.8 Å². The molecule has 0 aliphatic rings. The molecule has 1 heterocycles. The molecule has 0 atom stereocenters. The predicted octanol–water partition coefficient (Wildman–Crippen LogP) is 2.83. The summed E-state index contributed by atoms with van der Waals surface area (Å²) in [6.07, 6.45) is 0.442. The number of anilines is 1. The molecule has 1 aromatic rings. The number of nitrogens with one attached hydrogen (secondary N) is 1. The van der Waals surface area contributed by atoms with Crippen molar-refractivity contribution in [3.05, 3.63) is 16.5 Å². The molecular formula is C12H17NO3S. The highest BCUT2D eigenvalue weighted by Gasteiger charge is 2.17. The predicted molar refractivity (Wildman–Crippen MR) is 68.5 cm³/mol. The van der Waals surface area contributed by atoms with Crippen molar-refractivity contribution in [2.75, 3.05) is 12.4 Å². The number of carbonyl (C=O) groups is 2. The van der Waals surface area contributed by atoms with Gasteiger partial charge in [0.05, 0.1) is 12.7 Å². The summed E-state index contributed by atoms with van der Waals surface area (Å²) >= 11 is 1.38. The highest BCUT2D eigenvalue weighted by atomic mass is 32.1. The number of hydrogen-bond donors (Lipinski definition) is 1. The van der Waals surface area contributed by atoms with E-state index in [0.717, 1.165) is 4.88 Å². The Morgan fingerprint density at radius 1 is 1.47 bits per heavy atom. The van der Waals surface area contributed by atoms with E-state index in [2.05, 4.69) is 10.1 Å². The highest BCUT2D eigenvalue weighted by molar-refractivity contribution is 7.16. The molecule has 17 heavy (non-hydrogen) atoms. The molecule has 94 valence electrons. The van der Waals surface area contributed by atoms with E-state index in [9.17, 15) is 9.59 Å². The van der Waals surface area contributed by atoms with Gasteiger partial charge >= 0.3 is 5.97 Å². The summed E-state index contributed by atoms with van der Waals surface area (Å²) in [5.74, 6) is -0.209. The van der Waals surface area contributed by atoms with Crippen molar-refractivity contribution in [1.82, 2.24) is 0 Å². The Morgan fingerprint density at radius 3 is 2.65 bits per heavy atom. The van der Waals surface area contributed by atoms with Crippen LogP contribution >= 0.6 is 11.3 Å². The molecule has 0 unspecified atom stereocenters. The van der Waals surface area contributed by atoms with Crippen molar-refractivity contribution in [2.24, 2.45) is 5.92 Å². The zero-order valence-electron chi connectivity index (χ0n) is 10.5. The van der Waals surface area contributed by atoms with Crippen molar-refractivity contribution in [1.29, 1.82) is 0 Å². The van der Waals surface area contributed by atoms with Crippen LogP contribution in [0.2, 0.25) is 0 Å². The molecule has 0 aliphatic carbocycles. The maximum absolute atomic E-state index is 11.6. The fourth-order valence-electron chi connectivity index (χ4n) is 1.42. The number of thiophene rings is 1. The summed E-state index contributed by atoms with van der Waals surface area (Å²) in [7, 11) is 1.33. The van der Waals surface area contributed by atoms with Crippen LogP contribution in [0.25, 0.3) is 0 Å². The second kappa shape index (κ2) is 5.82. The Bertz CT molecular complexity index is 423. The topological polar surface area (TPSA) is 55.4 Å². The van der Waals surface area contributed by atoms with Crippen LogP contribution in [0.5, 0.6) is 0 Å². The zero-order chi connectivity index (χ0) is 13.0. The minimum atomic E-state index is -0.422. The molecule has 1 amide bonds. The first-order chi connectivity index (χ1) is 7.93. The van der Waals surface area contributed by atoms with Crippen molar-refractivity contribution in [2.45, 2.75) is 27.2 Å². The maximum atomic E-state index is 11.6. The van der Waals surface area contributed by atoms with Gasteiger partial charge in [-0.05, 0) is 18.9 Å². The quantitative estimate of drug-likeness (QED) is 0.842. The number of esters is 1. The molecule has 5 heteroatoms. The van der Waals surface area contributed by atoms with Gasteiger partial charge in [-0.1, -0.05) is 13.8 Å². The lowest BCUT2D eigenvalue weighted by Crippen LogP contribution is -2.15. The van der Waals surface area contributed by atoms with E-state index < -0.39 is 5.97 Å². The van der Waals surface area contributed by atoms with E-state index >= 15 is 0 Å². The summed E-state index contributed by atoms with van der Waals surface area (Å²) in [4.78, 5) is 24.1. The minimum absolute atomic E-state index is 0.0768. The summed E-state index contributed by atoms with van der Waals surface area (Å²) in [6, 6.07) is 1.72. The van der Waals surface area contributed by atoms with Gasteiger partial charge in [0, 0.05) is 11.3 Å². The molecule has 0 aliphatic heterocycles. The highest BCUT2D eigenvalue weighted by Crippen LogP contribution is 2.28. The van der Waals surface area contributed by atoms with E-state index in [1.807, 2.05) is 20.8 Å². The monoisotopic (exact) mass is 255 g/mol. The van der Waals surface area contributed by atoms with Gasteiger partial charge in [-0.2, -0.15) is 0 Å². The van der Waals surface area contributed by atoms with Gasteiger partial charge in [-0.25, -0.2) is 4.79 Å². The molecule has 0 saturated heterocycles. The molecule has 0 saturated carbocycles. The Hall–Kier alpha value is -1.36. The molecular weight excluding hydrogens is 238 g/mol. The van der Waals surface area contributed by atoms with Gasteiger partial charge < -0.3 is 10.1 Å². The van der Waals surface area contributed by atoms with Crippen molar-refractivity contribution >= 4 is 28.2 Å². The third-order valence-corrected chi connectivity index (χ3v) is 3.07. The van der Waals surface area contributed by atoms with Crippen LogP contribution in [-0.4, -0.2) is 19.0 Å². The molecule has 0 aromatic carbocycles. The number of ether oxygens (including phenoxy) is 1. The minimum Gasteiger partial charge on any atom is -0.465 e. The Kier molecular flexibility index (Phi) is 4.69. The zero-order valence-corrected chi connectivity index (χ0v) is 11.3. The van der Waals surface area contributed by atoms with E-state index in [1.165, 1.54) is 18.4 Å². The first kappa shape index (κ1) is 13.7. The molecule has 1 N–H and O–H groups in total. The van der Waals surface area contributed by atoms with E-state index in [0.29, 0.717) is 17.0 Å². The molecule has 4 nitrogen and oxygen atoms in total. The molecule has 0 radical (unpaired) electrons. The van der Waals surface area contributed by atoms with Crippen LogP contribution < -0.4 is 5.32 Å². The van der Waals surface area contributed by atoms with Gasteiger partial charge in [0.15, 0.2) is 0 Å². The van der Waals surface area contributed by atoms with Crippen LogP contribution in [0.3, 0.4) is 0 Å². The third-order valence-electron chi connectivity index (χ3n) is 2.11. The smallest absolute Gasteiger partial charge is 0.340 e.